The predicted octanol–water partition coefficient (Wildman–Crippen LogP) is 2.96. The van der Waals surface area contributed by atoms with Gasteiger partial charge in [-0.3, -0.25) is 9.69 Å². The number of halogens is 3. The highest BCUT2D eigenvalue weighted by atomic mass is 19.4. The second-order valence-electron chi connectivity index (χ2n) is 6.05. The molecule has 0 N–H and O–H groups in total. The Morgan fingerprint density at radius 3 is 2.56 bits per heavy atom. The maximum Gasteiger partial charge on any atom is 0.416 e. The number of alkyl halides is 3. The summed E-state index contributed by atoms with van der Waals surface area (Å²) in [5.41, 5.74) is 0.260. The summed E-state index contributed by atoms with van der Waals surface area (Å²) in [6.45, 7) is 4.76. The summed E-state index contributed by atoms with van der Waals surface area (Å²) in [6, 6.07) is 4.57. The van der Waals surface area contributed by atoms with Gasteiger partial charge >= 0.3 is 6.18 Å². The van der Waals surface area contributed by atoms with Crippen molar-refractivity contribution in [1.29, 1.82) is 0 Å². The average Bonchev–Trinajstić information content (AvgIpc) is 2.99. The molecule has 2 aromatic rings. The maximum atomic E-state index is 12.8. The van der Waals surface area contributed by atoms with Crippen LogP contribution in [0, 0.1) is 6.92 Å². The minimum atomic E-state index is -4.45. The number of aromatic nitrogens is 1. The van der Waals surface area contributed by atoms with Crippen LogP contribution in [0.25, 0.3) is 0 Å². The summed E-state index contributed by atoms with van der Waals surface area (Å²) >= 11 is 0. The zero-order valence-electron chi connectivity index (χ0n) is 13.7. The highest BCUT2D eigenvalue weighted by Crippen LogP contribution is 2.29. The van der Waals surface area contributed by atoms with E-state index in [1.807, 2.05) is 6.92 Å². The van der Waals surface area contributed by atoms with Crippen molar-refractivity contribution < 1.29 is 22.5 Å². The van der Waals surface area contributed by atoms with Crippen molar-refractivity contribution >= 4 is 5.91 Å². The molecule has 0 unspecified atom stereocenters. The summed E-state index contributed by atoms with van der Waals surface area (Å²) in [5, 5.41) is 3.74. The second kappa shape index (κ2) is 6.87. The zero-order chi connectivity index (χ0) is 18.0. The molecule has 0 aliphatic carbocycles. The number of rotatable bonds is 3. The van der Waals surface area contributed by atoms with Crippen LogP contribution in [-0.2, 0) is 12.7 Å². The molecular weight excluding hydrogens is 335 g/mol. The van der Waals surface area contributed by atoms with Gasteiger partial charge in [0, 0.05) is 43.9 Å². The number of hydrogen-bond donors (Lipinski definition) is 0. The van der Waals surface area contributed by atoms with Crippen LogP contribution in [0.5, 0.6) is 0 Å². The third-order valence-electron chi connectivity index (χ3n) is 4.34. The van der Waals surface area contributed by atoms with E-state index >= 15 is 0 Å². The molecule has 134 valence electrons. The Balaban J connectivity index is 1.61. The van der Waals surface area contributed by atoms with E-state index < -0.39 is 11.7 Å². The second-order valence-corrected chi connectivity index (χ2v) is 6.05. The molecule has 1 aromatic heterocycles. The zero-order valence-corrected chi connectivity index (χ0v) is 13.7. The molecule has 5 nitrogen and oxygen atoms in total. The fraction of sp³-hybridized carbons (Fsp3) is 0.412. The van der Waals surface area contributed by atoms with Crippen molar-refractivity contribution in [2.24, 2.45) is 0 Å². The van der Waals surface area contributed by atoms with Crippen LogP contribution < -0.4 is 0 Å². The smallest absolute Gasteiger partial charge is 0.361 e. The van der Waals surface area contributed by atoms with Crippen molar-refractivity contribution in [3.8, 4) is 0 Å². The van der Waals surface area contributed by atoms with E-state index in [-0.39, 0.29) is 11.5 Å². The van der Waals surface area contributed by atoms with Crippen LogP contribution in [0.1, 0.15) is 27.2 Å². The van der Waals surface area contributed by atoms with Crippen molar-refractivity contribution in [1.82, 2.24) is 15.0 Å². The quantitative estimate of drug-likeness (QED) is 0.851. The fourth-order valence-corrected chi connectivity index (χ4v) is 2.83. The Bertz CT molecular complexity index is 750. The molecule has 0 saturated carbocycles. The molecule has 1 amide bonds. The lowest BCUT2D eigenvalue weighted by atomic mass is 10.1. The molecule has 0 bridgehead atoms. The SMILES string of the molecule is Cc1oncc1CN1CCN(C(=O)c2cccc(C(F)(F)F)c2)CC1. The number of nitrogens with zero attached hydrogens (tertiary/aromatic N) is 3. The first-order valence-electron chi connectivity index (χ1n) is 7.93. The Morgan fingerprint density at radius 2 is 1.96 bits per heavy atom. The van der Waals surface area contributed by atoms with Gasteiger partial charge < -0.3 is 9.42 Å². The molecule has 0 spiro atoms. The molecule has 1 aliphatic rings. The summed E-state index contributed by atoms with van der Waals surface area (Å²) in [4.78, 5) is 16.2. The van der Waals surface area contributed by atoms with Crippen molar-refractivity contribution in [2.75, 3.05) is 26.2 Å². The van der Waals surface area contributed by atoms with E-state index in [4.69, 9.17) is 4.52 Å². The number of piperazine rings is 1. The number of aryl methyl sites for hydroxylation is 1. The number of carbonyl (C=O) groups is 1. The normalized spacial score (nSPS) is 16.2. The maximum absolute atomic E-state index is 12.8. The lowest BCUT2D eigenvalue weighted by Gasteiger charge is -2.34. The summed E-state index contributed by atoms with van der Waals surface area (Å²) in [5.74, 6) is 0.398. The van der Waals surface area contributed by atoms with Crippen molar-refractivity contribution in [3.63, 3.8) is 0 Å². The molecule has 1 saturated heterocycles. The summed E-state index contributed by atoms with van der Waals surface area (Å²) in [6.07, 6.45) is -2.78. The Kier molecular flexibility index (Phi) is 4.80. The standard InChI is InChI=1S/C17H18F3N3O2/c1-12-14(10-21-25-12)11-22-5-7-23(8-6-22)16(24)13-3-2-4-15(9-13)17(18,19)20/h2-4,9-10H,5-8,11H2,1H3. The highest BCUT2D eigenvalue weighted by molar-refractivity contribution is 5.94. The van der Waals surface area contributed by atoms with Gasteiger partial charge in [-0.05, 0) is 25.1 Å². The van der Waals surface area contributed by atoms with E-state index in [2.05, 4.69) is 10.1 Å². The largest absolute Gasteiger partial charge is 0.416 e. The molecule has 8 heteroatoms. The number of carbonyl (C=O) groups excluding carboxylic acids is 1. The van der Waals surface area contributed by atoms with Gasteiger partial charge in [-0.15, -0.1) is 0 Å². The molecule has 1 fully saturated rings. The van der Waals surface area contributed by atoms with Gasteiger partial charge in [0.2, 0.25) is 0 Å². The Morgan fingerprint density at radius 1 is 1.24 bits per heavy atom. The van der Waals surface area contributed by atoms with Gasteiger partial charge in [0.15, 0.2) is 0 Å². The molecular formula is C17H18F3N3O2. The lowest BCUT2D eigenvalue weighted by molar-refractivity contribution is -0.137. The van der Waals surface area contributed by atoms with Crippen LogP contribution in [0.2, 0.25) is 0 Å². The first kappa shape index (κ1) is 17.5. The van der Waals surface area contributed by atoms with Crippen molar-refractivity contribution in [3.05, 3.63) is 52.9 Å². The van der Waals surface area contributed by atoms with Gasteiger partial charge in [0.05, 0.1) is 11.8 Å². The van der Waals surface area contributed by atoms with E-state index in [1.165, 1.54) is 12.1 Å². The third kappa shape index (κ3) is 4.01. The molecule has 25 heavy (non-hydrogen) atoms. The topological polar surface area (TPSA) is 49.6 Å². The van der Waals surface area contributed by atoms with Gasteiger partial charge in [-0.2, -0.15) is 13.2 Å². The number of hydrogen-bond acceptors (Lipinski definition) is 4. The Hall–Kier alpha value is -2.35. The monoisotopic (exact) mass is 353 g/mol. The van der Waals surface area contributed by atoms with Gasteiger partial charge in [0.25, 0.3) is 5.91 Å². The summed E-state index contributed by atoms with van der Waals surface area (Å²) < 4.78 is 43.4. The molecule has 0 radical (unpaired) electrons. The minimum absolute atomic E-state index is 0.0677. The molecule has 0 atom stereocenters. The van der Waals surface area contributed by atoms with Gasteiger partial charge in [0.1, 0.15) is 5.76 Å². The molecule has 1 aromatic carbocycles. The molecule has 2 heterocycles. The van der Waals surface area contributed by atoms with Crippen LogP contribution in [-0.4, -0.2) is 47.0 Å². The van der Waals surface area contributed by atoms with Crippen molar-refractivity contribution in [2.45, 2.75) is 19.6 Å². The first-order chi connectivity index (χ1) is 11.8. The molecule has 3 rings (SSSR count). The Labute approximate surface area is 143 Å². The van der Waals surface area contributed by atoms with E-state index in [0.717, 1.165) is 23.5 Å². The van der Waals surface area contributed by atoms with E-state index in [1.54, 1.807) is 11.1 Å². The minimum Gasteiger partial charge on any atom is -0.361 e. The lowest BCUT2D eigenvalue weighted by Crippen LogP contribution is -2.48. The third-order valence-corrected chi connectivity index (χ3v) is 4.34. The summed E-state index contributed by atoms with van der Waals surface area (Å²) in [7, 11) is 0. The molecule has 1 aliphatic heterocycles. The number of benzene rings is 1. The van der Waals surface area contributed by atoms with Crippen LogP contribution >= 0.6 is 0 Å². The van der Waals surface area contributed by atoms with E-state index in [0.29, 0.717) is 32.7 Å². The average molecular weight is 353 g/mol. The first-order valence-corrected chi connectivity index (χ1v) is 7.93. The fourth-order valence-electron chi connectivity index (χ4n) is 2.83. The highest BCUT2D eigenvalue weighted by Gasteiger charge is 2.31. The van der Waals surface area contributed by atoms with Crippen LogP contribution in [0.4, 0.5) is 13.2 Å². The predicted molar refractivity (Wildman–Crippen MR) is 83.9 cm³/mol. The van der Waals surface area contributed by atoms with Gasteiger partial charge in [-0.1, -0.05) is 11.2 Å². The van der Waals surface area contributed by atoms with Crippen LogP contribution in [0.3, 0.4) is 0 Å². The van der Waals surface area contributed by atoms with Crippen LogP contribution in [0.15, 0.2) is 35.0 Å². The van der Waals surface area contributed by atoms with E-state index in [9.17, 15) is 18.0 Å². The number of amides is 1. The van der Waals surface area contributed by atoms with Gasteiger partial charge in [-0.25, -0.2) is 0 Å².